The van der Waals surface area contributed by atoms with Crippen LogP contribution in [0.25, 0.3) is 10.6 Å². The van der Waals surface area contributed by atoms with Crippen molar-refractivity contribution in [2.75, 3.05) is 25.5 Å². The van der Waals surface area contributed by atoms with Gasteiger partial charge in [0.1, 0.15) is 10.8 Å². The number of morpholine rings is 1. The molecule has 1 N–H and O–H groups in total. The Labute approximate surface area is 190 Å². The first-order chi connectivity index (χ1) is 15.0. The van der Waals surface area contributed by atoms with Crippen molar-refractivity contribution in [1.82, 2.24) is 14.9 Å². The normalized spacial score (nSPS) is 19.3. The number of nitrogens with zero attached hydrogens (tertiary/aromatic N) is 3. The molecular weight excluding hydrogens is 432 g/mol. The van der Waals surface area contributed by atoms with Gasteiger partial charge >= 0.3 is 0 Å². The molecule has 1 aromatic carbocycles. The molecule has 0 aliphatic carbocycles. The van der Waals surface area contributed by atoms with Gasteiger partial charge in [0.15, 0.2) is 5.13 Å². The average molecular weight is 459 g/mol. The smallest absolute Gasteiger partial charge is 0.232 e. The molecule has 164 valence electrons. The molecule has 1 aliphatic heterocycles. The standard InChI is InChI=1S/C22H26N4O3S2/c1-14-9-26(10-15(2)29-14)11-18-13-31-22(24-18)25-20(27)8-17-12-30-21(23-17)16-4-6-19(28-3)7-5-16/h4-7,12-15H,8-11H2,1-3H3,(H,24,25,27)/t14-,15-/m1/s1. The molecule has 7 nitrogen and oxygen atoms in total. The Hall–Kier alpha value is -2.33. The summed E-state index contributed by atoms with van der Waals surface area (Å²) >= 11 is 2.98. The van der Waals surface area contributed by atoms with Crippen LogP contribution in [0.1, 0.15) is 25.2 Å². The summed E-state index contributed by atoms with van der Waals surface area (Å²) in [6.45, 7) is 6.73. The molecule has 1 saturated heterocycles. The number of nitrogens with one attached hydrogen (secondary N) is 1. The summed E-state index contributed by atoms with van der Waals surface area (Å²) < 4.78 is 11.0. The van der Waals surface area contributed by atoms with Crippen molar-refractivity contribution in [3.63, 3.8) is 0 Å². The van der Waals surface area contributed by atoms with Crippen molar-refractivity contribution < 1.29 is 14.3 Å². The third kappa shape index (κ3) is 5.88. The Morgan fingerprint density at radius 1 is 1.13 bits per heavy atom. The average Bonchev–Trinajstić information content (AvgIpc) is 3.37. The molecule has 9 heteroatoms. The summed E-state index contributed by atoms with van der Waals surface area (Å²) in [7, 11) is 1.64. The van der Waals surface area contributed by atoms with Gasteiger partial charge in [0.25, 0.3) is 0 Å². The highest BCUT2D eigenvalue weighted by atomic mass is 32.1. The number of rotatable bonds is 7. The molecule has 1 fully saturated rings. The molecule has 2 atom stereocenters. The predicted octanol–water partition coefficient (Wildman–Crippen LogP) is 4.07. The third-order valence-electron chi connectivity index (χ3n) is 4.91. The number of carbonyl (C=O) groups excluding carboxylic acids is 1. The molecular formula is C22H26N4O3S2. The van der Waals surface area contributed by atoms with Gasteiger partial charge in [0.2, 0.25) is 5.91 Å². The minimum absolute atomic E-state index is 0.110. The molecule has 3 aromatic rings. The Balaban J connectivity index is 1.31. The number of amides is 1. The largest absolute Gasteiger partial charge is 0.497 e. The number of hydrogen-bond acceptors (Lipinski definition) is 8. The molecule has 0 unspecified atom stereocenters. The maximum atomic E-state index is 12.5. The molecule has 0 radical (unpaired) electrons. The minimum atomic E-state index is -0.110. The van der Waals surface area contributed by atoms with Crippen molar-refractivity contribution in [1.29, 1.82) is 0 Å². The van der Waals surface area contributed by atoms with E-state index in [9.17, 15) is 4.79 Å². The monoisotopic (exact) mass is 458 g/mol. The van der Waals surface area contributed by atoms with E-state index >= 15 is 0 Å². The maximum Gasteiger partial charge on any atom is 0.232 e. The van der Waals surface area contributed by atoms with Crippen LogP contribution in [0.2, 0.25) is 0 Å². The number of hydrogen-bond donors (Lipinski definition) is 1. The summed E-state index contributed by atoms with van der Waals surface area (Å²) in [4.78, 5) is 24.0. The Kier molecular flexibility index (Phi) is 6.96. The summed E-state index contributed by atoms with van der Waals surface area (Å²) in [6, 6.07) is 7.74. The van der Waals surface area contributed by atoms with Crippen LogP contribution in [0.15, 0.2) is 35.0 Å². The Bertz CT molecular complexity index is 1010. The van der Waals surface area contributed by atoms with Crippen molar-refractivity contribution in [3.05, 3.63) is 46.4 Å². The van der Waals surface area contributed by atoms with Gasteiger partial charge in [-0.1, -0.05) is 0 Å². The van der Waals surface area contributed by atoms with Gasteiger partial charge in [-0.3, -0.25) is 9.69 Å². The number of benzene rings is 1. The number of thiazole rings is 2. The second-order valence-corrected chi connectivity index (χ2v) is 9.41. The van der Waals surface area contributed by atoms with E-state index in [1.54, 1.807) is 7.11 Å². The predicted molar refractivity (Wildman–Crippen MR) is 124 cm³/mol. The van der Waals surface area contributed by atoms with E-state index in [4.69, 9.17) is 9.47 Å². The quantitative estimate of drug-likeness (QED) is 0.575. The summed E-state index contributed by atoms with van der Waals surface area (Å²) in [6.07, 6.45) is 0.671. The van der Waals surface area contributed by atoms with Crippen LogP contribution in [0.4, 0.5) is 5.13 Å². The molecule has 3 heterocycles. The lowest BCUT2D eigenvalue weighted by Gasteiger charge is -2.34. The van der Waals surface area contributed by atoms with Crippen LogP contribution in [-0.4, -0.2) is 53.2 Å². The van der Waals surface area contributed by atoms with Gasteiger partial charge in [0, 0.05) is 36.0 Å². The number of ether oxygens (including phenoxy) is 2. The van der Waals surface area contributed by atoms with Gasteiger partial charge in [-0.25, -0.2) is 9.97 Å². The van der Waals surface area contributed by atoms with E-state index in [2.05, 4.69) is 34.0 Å². The highest BCUT2D eigenvalue weighted by Crippen LogP contribution is 2.26. The van der Waals surface area contributed by atoms with Crippen LogP contribution < -0.4 is 10.1 Å². The molecule has 2 aromatic heterocycles. The number of anilines is 1. The van der Waals surface area contributed by atoms with Crippen molar-refractivity contribution >= 4 is 33.7 Å². The van der Waals surface area contributed by atoms with Gasteiger partial charge in [-0.2, -0.15) is 0 Å². The molecule has 4 rings (SSSR count). The second-order valence-electron chi connectivity index (χ2n) is 7.69. The second kappa shape index (κ2) is 9.86. The molecule has 1 amide bonds. The first kappa shape index (κ1) is 21.9. The van der Waals surface area contributed by atoms with E-state index in [0.29, 0.717) is 5.13 Å². The van der Waals surface area contributed by atoms with E-state index in [1.807, 2.05) is 35.0 Å². The maximum absolute atomic E-state index is 12.5. The van der Waals surface area contributed by atoms with Crippen LogP contribution in [0.3, 0.4) is 0 Å². The van der Waals surface area contributed by atoms with E-state index < -0.39 is 0 Å². The SMILES string of the molecule is COc1ccc(-c2nc(CC(=O)Nc3nc(CN4C[C@@H](C)O[C@H](C)C4)cs3)cs2)cc1. The first-order valence-corrected chi connectivity index (χ1v) is 12.0. The van der Waals surface area contributed by atoms with Crippen molar-refractivity contribution in [3.8, 4) is 16.3 Å². The Morgan fingerprint density at radius 2 is 1.84 bits per heavy atom. The Morgan fingerprint density at radius 3 is 2.55 bits per heavy atom. The van der Waals surface area contributed by atoms with E-state index in [1.165, 1.54) is 22.7 Å². The number of carbonyl (C=O) groups is 1. The fourth-order valence-corrected chi connectivity index (χ4v) is 5.21. The van der Waals surface area contributed by atoms with Crippen LogP contribution in [-0.2, 0) is 22.5 Å². The summed E-state index contributed by atoms with van der Waals surface area (Å²) in [5.41, 5.74) is 2.73. The van der Waals surface area contributed by atoms with Gasteiger partial charge in [-0.05, 0) is 38.1 Å². The molecule has 0 bridgehead atoms. The molecule has 31 heavy (non-hydrogen) atoms. The third-order valence-corrected chi connectivity index (χ3v) is 6.66. The summed E-state index contributed by atoms with van der Waals surface area (Å²) in [5.74, 6) is 0.696. The van der Waals surface area contributed by atoms with Crippen LogP contribution in [0, 0.1) is 0 Å². The summed E-state index contributed by atoms with van der Waals surface area (Å²) in [5, 5.41) is 8.34. The fourth-order valence-electron chi connectivity index (χ4n) is 3.66. The van der Waals surface area contributed by atoms with Crippen LogP contribution >= 0.6 is 22.7 Å². The molecule has 1 aliphatic rings. The number of aromatic nitrogens is 2. The topological polar surface area (TPSA) is 76.6 Å². The zero-order valence-corrected chi connectivity index (χ0v) is 19.5. The fraction of sp³-hybridized carbons (Fsp3) is 0.409. The zero-order valence-electron chi connectivity index (χ0n) is 17.8. The molecule has 0 spiro atoms. The van der Waals surface area contributed by atoms with Crippen LogP contribution in [0.5, 0.6) is 5.75 Å². The lowest BCUT2D eigenvalue weighted by Crippen LogP contribution is -2.44. The lowest BCUT2D eigenvalue weighted by molar-refractivity contribution is -0.115. The highest BCUT2D eigenvalue weighted by Gasteiger charge is 2.23. The van der Waals surface area contributed by atoms with Gasteiger partial charge < -0.3 is 14.8 Å². The van der Waals surface area contributed by atoms with Gasteiger partial charge in [0.05, 0.1) is 37.1 Å². The lowest BCUT2D eigenvalue weighted by atomic mass is 10.2. The first-order valence-electron chi connectivity index (χ1n) is 10.2. The van der Waals surface area contributed by atoms with Crippen molar-refractivity contribution in [2.24, 2.45) is 0 Å². The molecule has 0 saturated carbocycles. The van der Waals surface area contributed by atoms with E-state index in [-0.39, 0.29) is 24.5 Å². The zero-order chi connectivity index (χ0) is 21.8. The van der Waals surface area contributed by atoms with E-state index in [0.717, 1.165) is 47.3 Å². The number of methoxy groups -OCH3 is 1. The minimum Gasteiger partial charge on any atom is -0.497 e. The van der Waals surface area contributed by atoms with Gasteiger partial charge in [-0.15, -0.1) is 22.7 Å². The van der Waals surface area contributed by atoms with Crippen molar-refractivity contribution in [2.45, 2.75) is 39.0 Å². The highest BCUT2D eigenvalue weighted by molar-refractivity contribution is 7.14.